The standard InChI is InChI=1S/C27H31N3O7S3/c1-5-37-23(33)12-30-18-9-7-16(35-3)11-20(18)40-27(30)29-22(32)14-38-13-21(31)28-25-24(26(34)36-4)17-8-6-15(2)10-19(17)39-25/h7,9,11,15H,5-6,8,10,12-14H2,1-4H3,(H,28,31). The molecule has 1 aromatic carbocycles. The van der Waals surface area contributed by atoms with Crippen molar-refractivity contribution in [3.05, 3.63) is 39.0 Å². The number of anilines is 1. The van der Waals surface area contributed by atoms with Gasteiger partial charge in [-0.1, -0.05) is 18.3 Å². The highest BCUT2D eigenvalue weighted by molar-refractivity contribution is 8.00. The Balaban J connectivity index is 1.44. The van der Waals surface area contributed by atoms with Gasteiger partial charge in [0, 0.05) is 4.88 Å². The smallest absolute Gasteiger partial charge is 0.341 e. The number of hydrogen-bond acceptors (Lipinski definition) is 10. The maximum absolute atomic E-state index is 12.7. The van der Waals surface area contributed by atoms with Gasteiger partial charge >= 0.3 is 11.9 Å². The zero-order valence-electron chi connectivity index (χ0n) is 22.7. The average Bonchev–Trinajstić information content (AvgIpc) is 3.44. The number of carbonyl (C=O) groups is 4. The molecular formula is C27H31N3O7S3. The van der Waals surface area contributed by atoms with Gasteiger partial charge in [-0.15, -0.1) is 23.1 Å². The van der Waals surface area contributed by atoms with E-state index < -0.39 is 17.8 Å². The predicted molar refractivity (Wildman–Crippen MR) is 156 cm³/mol. The molecule has 13 heteroatoms. The average molecular weight is 606 g/mol. The van der Waals surface area contributed by atoms with E-state index in [0.717, 1.165) is 51.7 Å². The summed E-state index contributed by atoms with van der Waals surface area (Å²) in [6, 6.07) is 5.39. The van der Waals surface area contributed by atoms with Crippen LogP contribution in [0.1, 0.15) is 41.1 Å². The quantitative estimate of drug-likeness (QED) is 0.343. The first kappa shape index (κ1) is 29.8. The fourth-order valence-corrected chi connectivity index (χ4v) is 7.53. The molecule has 4 rings (SSSR count). The van der Waals surface area contributed by atoms with Crippen molar-refractivity contribution in [2.75, 3.05) is 37.6 Å². The monoisotopic (exact) mass is 605 g/mol. The second-order valence-corrected chi connectivity index (χ2v) is 12.3. The number of carbonyl (C=O) groups excluding carboxylic acids is 4. The predicted octanol–water partition coefficient (Wildman–Crippen LogP) is 4.05. The maximum Gasteiger partial charge on any atom is 0.341 e. The minimum Gasteiger partial charge on any atom is -0.497 e. The van der Waals surface area contributed by atoms with Crippen LogP contribution in [0.5, 0.6) is 5.75 Å². The van der Waals surface area contributed by atoms with Crippen LogP contribution in [0.15, 0.2) is 23.2 Å². The third-order valence-electron chi connectivity index (χ3n) is 6.32. The largest absolute Gasteiger partial charge is 0.497 e. The molecule has 0 spiro atoms. The molecule has 0 aliphatic heterocycles. The van der Waals surface area contributed by atoms with Gasteiger partial charge < -0.3 is 24.1 Å². The molecule has 214 valence electrons. The summed E-state index contributed by atoms with van der Waals surface area (Å²) in [5, 5.41) is 3.34. The van der Waals surface area contributed by atoms with Crippen molar-refractivity contribution >= 4 is 73.4 Å². The molecule has 0 fully saturated rings. The van der Waals surface area contributed by atoms with E-state index in [9.17, 15) is 19.2 Å². The van der Waals surface area contributed by atoms with Crippen LogP contribution < -0.4 is 14.9 Å². The van der Waals surface area contributed by atoms with Crippen LogP contribution in [0, 0.1) is 5.92 Å². The molecule has 1 atom stereocenters. The van der Waals surface area contributed by atoms with E-state index in [-0.39, 0.29) is 30.6 Å². The lowest BCUT2D eigenvalue weighted by Gasteiger charge is -2.18. The van der Waals surface area contributed by atoms with Gasteiger partial charge in [0.1, 0.15) is 17.3 Å². The number of benzene rings is 1. The first-order valence-electron chi connectivity index (χ1n) is 12.7. The summed E-state index contributed by atoms with van der Waals surface area (Å²) < 4.78 is 17.8. The molecule has 2 heterocycles. The van der Waals surface area contributed by atoms with Crippen LogP contribution in [-0.4, -0.2) is 60.7 Å². The Morgan fingerprint density at radius 1 is 1.18 bits per heavy atom. The molecule has 2 aromatic heterocycles. The van der Waals surface area contributed by atoms with Gasteiger partial charge in [0.2, 0.25) is 5.91 Å². The van der Waals surface area contributed by atoms with Crippen molar-refractivity contribution in [2.24, 2.45) is 10.9 Å². The second kappa shape index (κ2) is 13.5. The van der Waals surface area contributed by atoms with Gasteiger partial charge in [-0.3, -0.25) is 14.4 Å². The zero-order valence-corrected chi connectivity index (χ0v) is 25.2. The van der Waals surface area contributed by atoms with Crippen molar-refractivity contribution < 1.29 is 33.4 Å². The minimum atomic E-state index is -0.457. The van der Waals surface area contributed by atoms with Crippen LogP contribution in [-0.2, 0) is 43.2 Å². The van der Waals surface area contributed by atoms with E-state index in [2.05, 4.69) is 17.2 Å². The van der Waals surface area contributed by atoms with Crippen molar-refractivity contribution in [3.63, 3.8) is 0 Å². The number of thioether (sulfide) groups is 1. The molecule has 0 saturated carbocycles. The summed E-state index contributed by atoms with van der Waals surface area (Å²) in [4.78, 5) is 55.8. The van der Waals surface area contributed by atoms with Crippen LogP contribution in [0.25, 0.3) is 10.2 Å². The Morgan fingerprint density at radius 2 is 1.98 bits per heavy atom. The third-order valence-corrected chi connectivity index (χ3v) is 9.44. The molecule has 40 heavy (non-hydrogen) atoms. The summed E-state index contributed by atoms with van der Waals surface area (Å²) in [6.45, 7) is 4.05. The van der Waals surface area contributed by atoms with Crippen molar-refractivity contribution in [3.8, 4) is 5.75 Å². The molecule has 0 radical (unpaired) electrons. The Bertz CT molecular complexity index is 1500. The zero-order chi connectivity index (χ0) is 28.8. The summed E-state index contributed by atoms with van der Waals surface area (Å²) >= 11 is 3.80. The van der Waals surface area contributed by atoms with E-state index in [4.69, 9.17) is 14.2 Å². The van der Waals surface area contributed by atoms with Gasteiger partial charge in [-0.05, 0) is 55.9 Å². The van der Waals surface area contributed by atoms with Crippen molar-refractivity contribution in [2.45, 2.75) is 39.7 Å². The van der Waals surface area contributed by atoms with Gasteiger partial charge in [0.25, 0.3) is 5.91 Å². The number of fused-ring (bicyclic) bond motifs is 2. The van der Waals surface area contributed by atoms with Crippen LogP contribution in [0.4, 0.5) is 5.00 Å². The SMILES string of the molecule is CCOC(=O)Cn1c(=NC(=O)CSCC(=O)Nc2sc3c(c2C(=O)OC)CCC(C)C3)sc2cc(OC)ccc21. The molecule has 0 bridgehead atoms. The summed E-state index contributed by atoms with van der Waals surface area (Å²) in [5.41, 5.74) is 2.13. The fourth-order valence-electron chi connectivity index (χ4n) is 4.44. The van der Waals surface area contributed by atoms with Gasteiger partial charge in [-0.2, -0.15) is 4.99 Å². The highest BCUT2D eigenvalue weighted by Crippen LogP contribution is 2.40. The minimum absolute atomic E-state index is 0.00723. The fraction of sp³-hybridized carbons (Fsp3) is 0.444. The van der Waals surface area contributed by atoms with Crippen LogP contribution in [0.2, 0.25) is 0 Å². The molecule has 10 nitrogen and oxygen atoms in total. The number of thiophene rings is 1. The second-order valence-electron chi connectivity index (χ2n) is 9.20. The number of amides is 2. The Labute approximate surface area is 243 Å². The van der Waals surface area contributed by atoms with E-state index in [1.807, 2.05) is 6.07 Å². The number of esters is 2. The maximum atomic E-state index is 12.7. The number of methoxy groups -OCH3 is 2. The number of thiazole rings is 1. The van der Waals surface area contributed by atoms with Crippen LogP contribution in [0.3, 0.4) is 0 Å². The van der Waals surface area contributed by atoms with Gasteiger partial charge in [0.05, 0.1) is 48.1 Å². The Kier molecular flexibility index (Phi) is 10.0. The Morgan fingerprint density at radius 3 is 2.70 bits per heavy atom. The molecule has 3 aromatic rings. The first-order valence-corrected chi connectivity index (χ1v) is 15.5. The molecule has 1 N–H and O–H groups in total. The lowest BCUT2D eigenvalue weighted by Crippen LogP contribution is -2.23. The highest BCUT2D eigenvalue weighted by atomic mass is 32.2. The normalized spacial score (nSPS) is 15.0. The number of aromatic nitrogens is 1. The number of ether oxygens (including phenoxy) is 3. The van der Waals surface area contributed by atoms with Gasteiger partial charge in [-0.25, -0.2) is 4.79 Å². The number of rotatable bonds is 10. The highest BCUT2D eigenvalue weighted by Gasteiger charge is 2.29. The summed E-state index contributed by atoms with van der Waals surface area (Å²) in [6.07, 6.45) is 2.62. The third kappa shape index (κ3) is 6.94. The topological polar surface area (TPSA) is 125 Å². The number of hydrogen-bond donors (Lipinski definition) is 1. The van der Waals surface area contributed by atoms with E-state index in [1.54, 1.807) is 30.7 Å². The van der Waals surface area contributed by atoms with Crippen LogP contribution >= 0.6 is 34.4 Å². The molecule has 2 amide bonds. The van der Waals surface area contributed by atoms with E-state index >= 15 is 0 Å². The molecule has 1 unspecified atom stereocenters. The van der Waals surface area contributed by atoms with E-state index in [0.29, 0.717) is 27.0 Å². The first-order chi connectivity index (χ1) is 19.2. The molecule has 1 aliphatic rings. The number of nitrogens with one attached hydrogen (secondary N) is 1. The lowest BCUT2D eigenvalue weighted by atomic mass is 9.88. The van der Waals surface area contributed by atoms with Crippen molar-refractivity contribution in [1.82, 2.24) is 4.57 Å². The van der Waals surface area contributed by atoms with E-state index in [1.165, 1.54) is 29.8 Å². The summed E-state index contributed by atoms with van der Waals surface area (Å²) in [7, 11) is 2.89. The summed E-state index contributed by atoms with van der Waals surface area (Å²) in [5.74, 6) is -0.516. The molecule has 1 aliphatic carbocycles. The van der Waals surface area contributed by atoms with Gasteiger partial charge in [0.15, 0.2) is 4.80 Å². The number of nitrogens with zero attached hydrogens (tertiary/aromatic N) is 2. The molecule has 0 saturated heterocycles. The lowest BCUT2D eigenvalue weighted by molar-refractivity contribution is -0.143. The molecular weight excluding hydrogens is 575 g/mol. The van der Waals surface area contributed by atoms with Crippen molar-refractivity contribution in [1.29, 1.82) is 0 Å². The Hall–Kier alpha value is -3.16.